The molecule has 198 valence electrons. The molecule has 3 heterocycles. The second-order valence-corrected chi connectivity index (χ2v) is 9.97. The first-order chi connectivity index (χ1) is 18.6. The number of nitrogens with zero attached hydrogens (tertiary/aromatic N) is 6. The zero-order chi connectivity index (χ0) is 26.5. The highest BCUT2D eigenvalue weighted by Crippen LogP contribution is 2.33. The molecule has 0 saturated heterocycles. The van der Waals surface area contributed by atoms with Crippen molar-refractivity contribution in [3.05, 3.63) is 70.7 Å². The van der Waals surface area contributed by atoms with Gasteiger partial charge in [0.2, 0.25) is 5.82 Å². The minimum atomic E-state index is -0.815. The van der Waals surface area contributed by atoms with Crippen LogP contribution in [0.3, 0.4) is 0 Å². The number of carboxylic acid groups (broad SMARTS) is 1. The third-order valence-electron chi connectivity index (χ3n) is 7.50. The fourth-order valence-corrected chi connectivity index (χ4v) is 5.47. The molecule has 1 aliphatic carbocycles. The minimum absolute atomic E-state index is 0.150. The number of benzene rings is 1. The summed E-state index contributed by atoms with van der Waals surface area (Å²) in [5, 5.41) is 24.3. The van der Waals surface area contributed by atoms with Crippen molar-refractivity contribution in [1.29, 1.82) is 0 Å². The van der Waals surface area contributed by atoms with Gasteiger partial charge in [-0.3, -0.25) is 18.9 Å². The average Bonchev–Trinajstić information content (AvgIpc) is 3.49. The van der Waals surface area contributed by atoms with Crippen molar-refractivity contribution in [2.45, 2.75) is 70.9 Å². The number of tetrazole rings is 1. The Morgan fingerprint density at radius 3 is 2.63 bits per heavy atom. The Hall–Kier alpha value is -4.08. The molecule has 38 heavy (non-hydrogen) atoms. The summed E-state index contributed by atoms with van der Waals surface area (Å²) in [6.07, 6.45) is 10.6. The fourth-order valence-electron chi connectivity index (χ4n) is 5.47. The van der Waals surface area contributed by atoms with E-state index in [9.17, 15) is 14.7 Å². The van der Waals surface area contributed by atoms with E-state index in [0.29, 0.717) is 25.2 Å². The van der Waals surface area contributed by atoms with Crippen LogP contribution in [-0.2, 0) is 17.8 Å². The molecule has 0 bridgehead atoms. The Morgan fingerprint density at radius 1 is 1.11 bits per heavy atom. The fraction of sp³-hybridized carbons (Fsp3) is 0.429. The summed E-state index contributed by atoms with van der Waals surface area (Å²) in [4.78, 5) is 30.4. The summed E-state index contributed by atoms with van der Waals surface area (Å²) in [6.45, 7) is 2.46. The van der Waals surface area contributed by atoms with Gasteiger partial charge in [0.25, 0.3) is 0 Å². The van der Waals surface area contributed by atoms with Crippen molar-refractivity contribution < 1.29 is 9.90 Å². The van der Waals surface area contributed by atoms with E-state index in [2.05, 4.69) is 32.5 Å². The first-order valence-electron chi connectivity index (χ1n) is 13.4. The number of aromatic nitrogens is 7. The lowest BCUT2D eigenvalue weighted by atomic mass is 9.95. The molecular formula is C28H33N7O3. The number of pyridine rings is 1. The van der Waals surface area contributed by atoms with E-state index in [1.165, 1.54) is 0 Å². The predicted molar refractivity (Wildman–Crippen MR) is 142 cm³/mol. The molecular weight excluding hydrogens is 482 g/mol. The van der Waals surface area contributed by atoms with Crippen molar-refractivity contribution in [2.24, 2.45) is 5.92 Å². The molecule has 4 aromatic rings. The molecule has 5 rings (SSSR count). The van der Waals surface area contributed by atoms with Crippen LogP contribution < -0.4 is 5.69 Å². The van der Waals surface area contributed by atoms with Crippen LogP contribution >= 0.6 is 0 Å². The number of carboxylic acids is 1. The second-order valence-electron chi connectivity index (χ2n) is 9.97. The standard InChI is InChI=1S/C28H33N7O3/c1-2-3-9-21-18-35(25-13-6-4-5-12-24(25)27(36)37)28(38)34(21)17-20-15-14-19(16-29-20)22-10-7-8-11-23(22)26-30-32-33-31-26/h7-8,10-11,14-16,18,24-25H,2-6,9,12-13,17H2,1H3,(H,36,37)(H,30,31,32,33). The molecule has 3 aromatic heterocycles. The lowest BCUT2D eigenvalue weighted by molar-refractivity contribution is -0.143. The lowest BCUT2D eigenvalue weighted by Gasteiger charge is -2.22. The molecule has 0 aliphatic heterocycles. The Labute approximate surface area is 220 Å². The number of carbonyl (C=O) groups is 1. The summed E-state index contributed by atoms with van der Waals surface area (Å²) in [5.41, 5.74) is 4.24. The molecule has 2 atom stereocenters. The minimum Gasteiger partial charge on any atom is -0.481 e. The summed E-state index contributed by atoms with van der Waals surface area (Å²) in [5.74, 6) is -0.844. The quantitative estimate of drug-likeness (QED) is 0.314. The smallest absolute Gasteiger partial charge is 0.328 e. The van der Waals surface area contributed by atoms with Crippen LogP contribution in [0.15, 0.2) is 53.6 Å². The van der Waals surface area contributed by atoms with Gasteiger partial charge in [-0.05, 0) is 42.5 Å². The number of hydrogen-bond donors (Lipinski definition) is 2. The SMILES string of the molecule is CCCCc1cn(C2CCCCCC2C(=O)O)c(=O)n1Cc1ccc(-c2ccccc2-c2nn[nH]n2)cn1. The van der Waals surface area contributed by atoms with Gasteiger partial charge in [0, 0.05) is 29.2 Å². The number of rotatable bonds is 9. The van der Waals surface area contributed by atoms with Crippen LogP contribution in [0, 0.1) is 5.92 Å². The van der Waals surface area contributed by atoms with E-state index < -0.39 is 11.9 Å². The van der Waals surface area contributed by atoms with Gasteiger partial charge in [-0.2, -0.15) is 5.21 Å². The van der Waals surface area contributed by atoms with Gasteiger partial charge < -0.3 is 5.11 Å². The Bertz CT molecular complexity index is 1420. The maximum Gasteiger partial charge on any atom is 0.328 e. The van der Waals surface area contributed by atoms with E-state index in [4.69, 9.17) is 0 Å². The molecule has 1 aliphatic rings. The molecule has 2 unspecified atom stereocenters. The largest absolute Gasteiger partial charge is 0.481 e. The van der Waals surface area contributed by atoms with Crippen LogP contribution in [-0.4, -0.2) is 45.8 Å². The van der Waals surface area contributed by atoms with Crippen molar-refractivity contribution in [3.63, 3.8) is 0 Å². The number of aromatic amines is 1. The first kappa shape index (κ1) is 25.6. The van der Waals surface area contributed by atoms with Crippen molar-refractivity contribution in [2.75, 3.05) is 0 Å². The number of H-pyrrole nitrogens is 1. The third kappa shape index (κ3) is 5.29. The lowest BCUT2D eigenvalue weighted by Crippen LogP contribution is -2.34. The van der Waals surface area contributed by atoms with Crippen molar-refractivity contribution >= 4 is 5.97 Å². The first-order valence-corrected chi connectivity index (χ1v) is 13.4. The highest BCUT2D eigenvalue weighted by atomic mass is 16.4. The maximum absolute atomic E-state index is 13.7. The van der Waals surface area contributed by atoms with E-state index in [-0.39, 0.29) is 11.7 Å². The summed E-state index contributed by atoms with van der Waals surface area (Å²) >= 11 is 0. The Balaban J connectivity index is 1.45. The summed E-state index contributed by atoms with van der Waals surface area (Å²) in [6, 6.07) is 11.4. The van der Waals surface area contributed by atoms with Gasteiger partial charge >= 0.3 is 11.7 Å². The average molecular weight is 516 g/mol. The molecule has 1 saturated carbocycles. The second kappa shape index (κ2) is 11.5. The zero-order valence-electron chi connectivity index (χ0n) is 21.6. The summed E-state index contributed by atoms with van der Waals surface area (Å²) in [7, 11) is 0. The van der Waals surface area contributed by atoms with Gasteiger partial charge in [-0.25, -0.2) is 4.79 Å². The number of imidazole rings is 1. The van der Waals surface area contributed by atoms with Crippen LogP contribution in [0.4, 0.5) is 0 Å². The normalized spacial score (nSPS) is 17.8. The van der Waals surface area contributed by atoms with Crippen LogP contribution in [0.25, 0.3) is 22.5 Å². The number of aliphatic carboxylic acids is 1. The molecule has 1 fully saturated rings. The van der Waals surface area contributed by atoms with Crippen LogP contribution in [0.5, 0.6) is 0 Å². The van der Waals surface area contributed by atoms with E-state index in [1.807, 2.05) is 42.6 Å². The van der Waals surface area contributed by atoms with Gasteiger partial charge in [0.1, 0.15) is 0 Å². The van der Waals surface area contributed by atoms with Crippen molar-refractivity contribution in [1.82, 2.24) is 34.7 Å². The van der Waals surface area contributed by atoms with Crippen LogP contribution in [0.1, 0.15) is 69.3 Å². The number of hydrogen-bond acceptors (Lipinski definition) is 6. The molecule has 1 aromatic carbocycles. The molecule has 0 radical (unpaired) electrons. The van der Waals surface area contributed by atoms with Gasteiger partial charge in [0.05, 0.1) is 24.2 Å². The van der Waals surface area contributed by atoms with E-state index >= 15 is 0 Å². The number of nitrogens with one attached hydrogen (secondary N) is 1. The van der Waals surface area contributed by atoms with Crippen molar-refractivity contribution in [3.8, 4) is 22.5 Å². The zero-order valence-corrected chi connectivity index (χ0v) is 21.6. The van der Waals surface area contributed by atoms with E-state index in [1.54, 1.807) is 15.3 Å². The topological polar surface area (TPSA) is 132 Å². The molecule has 0 amide bonds. The number of unbranched alkanes of at least 4 members (excludes halogenated alkanes) is 1. The molecule has 10 nitrogen and oxygen atoms in total. The van der Waals surface area contributed by atoms with Gasteiger partial charge in [0.15, 0.2) is 0 Å². The Morgan fingerprint density at radius 2 is 1.92 bits per heavy atom. The summed E-state index contributed by atoms with van der Waals surface area (Å²) < 4.78 is 3.47. The third-order valence-corrected chi connectivity index (χ3v) is 7.50. The maximum atomic E-state index is 13.7. The van der Waals surface area contributed by atoms with Gasteiger partial charge in [-0.15, -0.1) is 10.2 Å². The van der Waals surface area contributed by atoms with E-state index in [0.717, 1.165) is 66.6 Å². The van der Waals surface area contributed by atoms with Crippen LogP contribution in [0.2, 0.25) is 0 Å². The van der Waals surface area contributed by atoms with Gasteiger partial charge in [-0.1, -0.05) is 62.9 Å². The Kier molecular flexibility index (Phi) is 7.76. The highest BCUT2D eigenvalue weighted by molar-refractivity contribution is 5.79. The predicted octanol–water partition coefficient (Wildman–Crippen LogP) is 4.49. The number of aryl methyl sites for hydroxylation is 1. The highest BCUT2D eigenvalue weighted by Gasteiger charge is 2.32. The monoisotopic (exact) mass is 515 g/mol. The molecule has 2 N–H and O–H groups in total. The molecule has 0 spiro atoms. The molecule has 10 heteroatoms.